The third-order valence-electron chi connectivity index (χ3n) is 4.36. The van der Waals surface area contributed by atoms with E-state index in [1.807, 2.05) is 24.3 Å². The number of hydrogen-bond donors (Lipinski definition) is 0. The van der Waals surface area contributed by atoms with Gasteiger partial charge in [-0.25, -0.2) is 5.06 Å². The summed E-state index contributed by atoms with van der Waals surface area (Å²) in [5, 5.41) is 1.29. The van der Waals surface area contributed by atoms with Gasteiger partial charge in [-0.2, -0.15) is 0 Å². The van der Waals surface area contributed by atoms with Crippen LogP contribution in [0.25, 0.3) is 0 Å². The summed E-state index contributed by atoms with van der Waals surface area (Å²) in [5.41, 5.74) is 0. The van der Waals surface area contributed by atoms with Crippen molar-refractivity contribution in [3.8, 4) is 11.5 Å². The zero-order valence-corrected chi connectivity index (χ0v) is 16.3. The van der Waals surface area contributed by atoms with Crippen molar-refractivity contribution in [2.45, 2.75) is 46.0 Å². The molecule has 0 saturated carbocycles. The molecule has 0 aliphatic carbocycles. The van der Waals surface area contributed by atoms with E-state index in [1.54, 1.807) is 14.2 Å². The van der Waals surface area contributed by atoms with Gasteiger partial charge < -0.3 is 9.47 Å². The normalized spacial score (nSPS) is 13.2. The summed E-state index contributed by atoms with van der Waals surface area (Å²) in [6.07, 6.45) is 4.79. The van der Waals surface area contributed by atoms with Crippen LogP contribution in [-0.4, -0.2) is 38.8 Å². The largest absolute Gasteiger partial charge is 0.497 e. The molecule has 5 nitrogen and oxygen atoms in total. The maximum atomic E-state index is 11.6. The number of carbonyl (C=O) groups is 1. The number of hydrogen-bond acceptors (Lipinski definition) is 4. The van der Waals surface area contributed by atoms with Crippen molar-refractivity contribution in [1.29, 1.82) is 0 Å². The predicted octanol–water partition coefficient (Wildman–Crippen LogP) is 4.32. The summed E-state index contributed by atoms with van der Waals surface area (Å²) in [7, 11) is 4.82. The summed E-state index contributed by atoms with van der Waals surface area (Å²) >= 11 is 0. The van der Waals surface area contributed by atoms with E-state index in [4.69, 9.17) is 14.3 Å². The highest BCUT2D eigenvalue weighted by Crippen LogP contribution is 2.21. The first-order valence-electron chi connectivity index (χ1n) is 9.03. The number of rotatable bonds is 12. The van der Waals surface area contributed by atoms with Gasteiger partial charge in [0, 0.05) is 13.5 Å². The smallest absolute Gasteiger partial charge is 0.245 e. The van der Waals surface area contributed by atoms with Crippen molar-refractivity contribution in [3.63, 3.8) is 0 Å². The average Bonchev–Trinajstić information content (AvgIpc) is 2.63. The van der Waals surface area contributed by atoms with Crippen molar-refractivity contribution in [1.82, 2.24) is 5.06 Å². The molecule has 142 valence electrons. The molecule has 0 aromatic heterocycles. The molecule has 1 aromatic carbocycles. The zero-order chi connectivity index (χ0) is 18.7. The lowest BCUT2D eigenvalue weighted by atomic mass is 9.93. The second-order valence-electron chi connectivity index (χ2n) is 6.75. The minimum Gasteiger partial charge on any atom is -0.497 e. The Hall–Kier alpha value is -1.75. The number of ether oxygens (including phenoxy) is 2. The lowest BCUT2D eigenvalue weighted by Crippen LogP contribution is -2.24. The maximum absolute atomic E-state index is 11.6. The van der Waals surface area contributed by atoms with E-state index in [-0.39, 0.29) is 5.91 Å². The Morgan fingerprint density at radius 1 is 1.04 bits per heavy atom. The summed E-state index contributed by atoms with van der Waals surface area (Å²) in [6.45, 7) is 5.21. The van der Waals surface area contributed by atoms with E-state index in [1.165, 1.54) is 12.2 Å². The fraction of sp³-hybridized carbons (Fsp3) is 0.650. The third kappa shape index (κ3) is 8.77. The van der Waals surface area contributed by atoms with Gasteiger partial charge in [-0.1, -0.05) is 26.7 Å². The highest BCUT2D eigenvalue weighted by atomic mass is 16.7. The Morgan fingerprint density at radius 3 is 2.28 bits per heavy atom. The highest BCUT2D eigenvalue weighted by Gasteiger charge is 2.11. The lowest BCUT2D eigenvalue weighted by Gasteiger charge is -2.18. The summed E-state index contributed by atoms with van der Waals surface area (Å²) < 4.78 is 11.0. The summed E-state index contributed by atoms with van der Waals surface area (Å²) in [6, 6.07) is 7.68. The second-order valence-corrected chi connectivity index (χ2v) is 6.75. The number of nitrogens with zero attached hydrogens (tertiary/aromatic N) is 1. The molecule has 0 spiro atoms. The van der Waals surface area contributed by atoms with E-state index >= 15 is 0 Å². The topological polar surface area (TPSA) is 48.0 Å². The van der Waals surface area contributed by atoms with Crippen LogP contribution in [-0.2, 0) is 9.63 Å². The van der Waals surface area contributed by atoms with E-state index in [2.05, 4.69) is 13.8 Å². The fourth-order valence-corrected chi connectivity index (χ4v) is 2.81. The van der Waals surface area contributed by atoms with Gasteiger partial charge in [-0.05, 0) is 48.9 Å². The van der Waals surface area contributed by atoms with E-state index in [0.717, 1.165) is 37.2 Å². The Morgan fingerprint density at radius 2 is 1.68 bits per heavy atom. The molecular weight excluding hydrogens is 318 g/mol. The molecule has 0 fully saturated rings. The average molecular weight is 351 g/mol. The molecule has 5 heteroatoms. The van der Waals surface area contributed by atoms with Crippen molar-refractivity contribution >= 4 is 5.91 Å². The molecule has 0 saturated heterocycles. The number of hydroxylamine groups is 2. The Bertz CT molecular complexity index is 489. The van der Waals surface area contributed by atoms with Crippen LogP contribution in [0.3, 0.4) is 0 Å². The Kier molecular flexibility index (Phi) is 10.0. The van der Waals surface area contributed by atoms with Crippen LogP contribution in [0, 0.1) is 11.8 Å². The van der Waals surface area contributed by atoms with Crippen LogP contribution in [0.1, 0.15) is 46.0 Å². The van der Waals surface area contributed by atoms with Crippen molar-refractivity contribution in [2.24, 2.45) is 11.8 Å². The molecule has 1 amide bonds. The zero-order valence-electron chi connectivity index (χ0n) is 16.3. The third-order valence-corrected chi connectivity index (χ3v) is 4.36. The Balaban J connectivity index is 2.16. The molecular formula is C20H33NO4. The maximum Gasteiger partial charge on any atom is 0.245 e. The molecule has 0 bridgehead atoms. The van der Waals surface area contributed by atoms with Crippen LogP contribution in [0.4, 0.5) is 0 Å². The van der Waals surface area contributed by atoms with Crippen LogP contribution in [0.15, 0.2) is 24.3 Å². The van der Waals surface area contributed by atoms with Gasteiger partial charge >= 0.3 is 0 Å². The minimum absolute atomic E-state index is 0.0383. The SMILES string of the molecule is COc1ccc(OC[C@@H](C)C[C@H](C)CCCCC(=O)N(C)OC)cc1. The van der Waals surface area contributed by atoms with E-state index < -0.39 is 0 Å². The second kappa shape index (κ2) is 11.7. The van der Waals surface area contributed by atoms with E-state index in [0.29, 0.717) is 24.9 Å². The molecule has 0 aliphatic heterocycles. The van der Waals surface area contributed by atoms with Crippen molar-refractivity contribution < 1.29 is 19.1 Å². The number of benzene rings is 1. The molecule has 0 heterocycles. The summed E-state index contributed by atoms with van der Waals surface area (Å²) in [5.74, 6) is 2.88. The molecule has 25 heavy (non-hydrogen) atoms. The lowest BCUT2D eigenvalue weighted by molar-refractivity contribution is -0.168. The Labute approximate surface area is 152 Å². The number of unbranched alkanes of at least 4 members (excludes halogenated alkanes) is 1. The molecule has 0 unspecified atom stereocenters. The van der Waals surface area contributed by atoms with Crippen LogP contribution in [0.2, 0.25) is 0 Å². The van der Waals surface area contributed by atoms with Gasteiger partial charge in [-0.15, -0.1) is 0 Å². The highest BCUT2D eigenvalue weighted by molar-refractivity contribution is 5.74. The first kappa shape index (κ1) is 21.3. The molecule has 1 rings (SSSR count). The molecule has 1 aromatic rings. The monoisotopic (exact) mass is 351 g/mol. The molecule has 0 aliphatic rings. The number of amides is 1. The molecule has 0 N–H and O–H groups in total. The van der Waals surface area contributed by atoms with Gasteiger partial charge in [-0.3, -0.25) is 9.63 Å². The fourth-order valence-electron chi connectivity index (χ4n) is 2.81. The quantitative estimate of drug-likeness (QED) is 0.416. The van der Waals surface area contributed by atoms with Crippen LogP contribution in [0.5, 0.6) is 11.5 Å². The van der Waals surface area contributed by atoms with Crippen LogP contribution < -0.4 is 9.47 Å². The number of carbonyl (C=O) groups excluding carboxylic acids is 1. The van der Waals surface area contributed by atoms with Crippen molar-refractivity contribution in [3.05, 3.63) is 24.3 Å². The first-order chi connectivity index (χ1) is 12.0. The molecule has 2 atom stereocenters. The summed E-state index contributed by atoms with van der Waals surface area (Å²) in [4.78, 5) is 16.5. The minimum atomic E-state index is 0.0383. The van der Waals surface area contributed by atoms with Gasteiger partial charge in [0.2, 0.25) is 5.91 Å². The van der Waals surface area contributed by atoms with Gasteiger partial charge in [0.25, 0.3) is 0 Å². The van der Waals surface area contributed by atoms with Crippen molar-refractivity contribution in [2.75, 3.05) is 27.9 Å². The molecule has 0 radical (unpaired) electrons. The standard InChI is InChI=1S/C20H33NO4/c1-16(8-6-7-9-20(22)21(3)24-5)14-17(2)15-25-19-12-10-18(23-4)11-13-19/h10-13,16-17H,6-9,14-15H2,1-5H3/t16-,17+/m1/s1. The van der Waals surface area contributed by atoms with Gasteiger partial charge in [0.05, 0.1) is 20.8 Å². The van der Waals surface area contributed by atoms with E-state index in [9.17, 15) is 4.79 Å². The van der Waals surface area contributed by atoms with Crippen LogP contribution >= 0.6 is 0 Å². The first-order valence-corrected chi connectivity index (χ1v) is 9.03. The van der Waals surface area contributed by atoms with Gasteiger partial charge in [0.15, 0.2) is 0 Å². The predicted molar refractivity (Wildman–Crippen MR) is 99.7 cm³/mol. The van der Waals surface area contributed by atoms with Gasteiger partial charge in [0.1, 0.15) is 11.5 Å². The number of methoxy groups -OCH3 is 1.